The van der Waals surface area contributed by atoms with Crippen LogP contribution in [-0.4, -0.2) is 6.04 Å². The summed E-state index contributed by atoms with van der Waals surface area (Å²) >= 11 is 0. The molecule has 2 atom stereocenters. The number of allylic oxidation sites excluding steroid dienone is 8. The van der Waals surface area contributed by atoms with Crippen molar-refractivity contribution in [2.45, 2.75) is 18.1 Å². The molecule has 1 aliphatic heterocycles. The average molecular weight is 337 g/mol. The van der Waals surface area contributed by atoms with Gasteiger partial charge >= 0.3 is 6.18 Å². The van der Waals surface area contributed by atoms with E-state index in [1.54, 1.807) is 6.07 Å². The van der Waals surface area contributed by atoms with Crippen LogP contribution in [0, 0.1) is 0 Å². The maximum absolute atomic E-state index is 13.3. The predicted octanol–water partition coefficient (Wildman–Crippen LogP) is 5.03. The van der Waals surface area contributed by atoms with E-state index in [1.807, 2.05) is 42.5 Å². The second kappa shape index (κ2) is 4.88. The van der Waals surface area contributed by atoms with E-state index < -0.39 is 11.7 Å². The number of nitrogens with one attached hydrogen (secondary N) is 1. The van der Waals surface area contributed by atoms with Gasteiger partial charge in [-0.2, -0.15) is 13.2 Å². The van der Waals surface area contributed by atoms with E-state index >= 15 is 0 Å². The molecule has 1 nitrogen and oxygen atoms in total. The molecule has 3 aliphatic carbocycles. The highest BCUT2D eigenvalue weighted by atomic mass is 19.4. The van der Waals surface area contributed by atoms with E-state index in [2.05, 4.69) is 11.4 Å². The summed E-state index contributed by atoms with van der Waals surface area (Å²) in [7, 11) is 0. The molecule has 2 unspecified atom stereocenters. The van der Waals surface area contributed by atoms with E-state index in [9.17, 15) is 13.2 Å². The van der Waals surface area contributed by atoms with Gasteiger partial charge in [0, 0.05) is 17.2 Å². The van der Waals surface area contributed by atoms with Crippen molar-refractivity contribution in [2.24, 2.45) is 0 Å². The molecule has 0 radical (unpaired) electrons. The van der Waals surface area contributed by atoms with Crippen LogP contribution in [0.3, 0.4) is 0 Å². The van der Waals surface area contributed by atoms with Gasteiger partial charge in [-0.1, -0.05) is 54.7 Å². The molecule has 4 aliphatic rings. The van der Waals surface area contributed by atoms with E-state index in [1.165, 1.54) is 12.1 Å². The highest BCUT2D eigenvalue weighted by Gasteiger charge is 2.39. The molecular weight excluding hydrogens is 323 g/mol. The molecule has 1 aromatic rings. The molecule has 0 bridgehead atoms. The fourth-order valence-electron chi connectivity index (χ4n) is 4.07. The summed E-state index contributed by atoms with van der Waals surface area (Å²) in [5.74, 6) is -0.0118. The Morgan fingerprint density at radius 2 is 1.64 bits per heavy atom. The van der Waals surface area contributed by atoms with E-state index in [-0.39, 0.29) is 12.0 Å². The lowest BCUT2D eigenvalue weighted by molar-refractivity contribution is -0.137. The third kappa shape index (κ3) is 2.03. The van der Waals surface area contributed by atoms with Gasteiger partial charge in [0.1, 0.15) is 0 Å². The van der Waals surface area contributed by atoms with Gasteiger partial charge in [-0.25, -0.2) is 0 Å². The molecule has 0 saturated heterocycles. The molecule has 4 heteroatoms. The number of alkyl halides is 3. The molecule has 0 fully saturated rings. The van der Waals surface area contributed by atoms with Crippen molar-refractivity contribution in [3.05, 3.63) is 100 Å². The molecule has 5 rings (SSSR count). The number of hydrogen-bond acceptors (Lipinski definition) is 1. The molecular formula is C21H14F3N. The first kappa shape index (κ1) is 14.6. The second-order valence-corrected chi connectivity index (χ2v) is 6.55. The largest absolute Gasteiger partial charge is 0.416 e. The maximum atomic E-state index is 13.3. The number of benzene rings is 1. The molecule has 25 heavy (non-hydrogen) atoms. The van der Waals surface area contributed by atoms with Crippen LogP contribution < -0.4 is 5.32 Å². The summed E-state index contributed by atoms with van der Waals surface area (Å²) in [5.41, 5.74) is 5.02. The van der Waals surface area contributed by atoms with Crippen LogP contribution in [0.25, 0.3) is 5.57 Å². The van der Waals surface area contributed by atoms with E-state index in [0.717, 1.165) is 28.0 Å². The van der Waals surface area contributed by atoms with Crippen molar-refractivity contribution in [1.29, 1.82) is 0 Å². The third-order valence-electron chi connectivity index (χ3n) is 5.16. The van der Waals surface area contributed by atoms with Gasteiger partial charge in [-0.05, 0) is 34.4 Å². The number of hydrogen-bond donors (Lipinski definition) is 1. The summed E-state index contributed by atoms with van der Waals surface area (Å²) in [6, 6.07) is 4.14. The Balaban J connectivity index is 1.82. The molecule has 0 aromatic heterocycles. The predicted molar refractivity (Wildman–Crippen MR) is 91.6 cm³/mol. The number of rotatable bonds is 0. The SMILES string of the molecule is FC(F)(F)c1ccc2c(c1)C1=C3C=CC=CC3NC1=C1C=CC=CC12. The summed E-state index contributed by atoms with van der Waals surface area (Å²) in [5, 5.41) is 3.49. The average Bonchev–Trinajstić information content (AvgIpc) is 3.01. The summed E-state index contributed by atoms with van der Waals surface area (Å²) in [6.07, 6.45) is 11.6. The monoisotopic (exact) mass is 337 g/mol. The standard InChI is InChI=1S/C21H14F3N/c22-21(23,24)12-9-10-14-13-5-1-2-6-15(13)20-19(17(14)11-12)16-7-3-4-8-18(16)25-20/h1-11,13,18,25H. The molecule has 0 amide bonds. The normalized spacial score (nSPS) is 25.6. The lowest BCUT2D eigenvalue weighted by Crippen LogP contribution is -2.24. The first-order valence-electron chi connectivity index (χ1n) is 8.20. The van der Waals surface area contributed by atoms with Crippen LogP contribution in [0.4, 0.5) is 13.2 Å². The van der Waals surface area contributed by atoms with Gasteiger partial charge in [0.05, 0.1) is 11.6 Å². The minimum Gasteiger partial charge on any atom is -0.374 e. The molecule has 1 aromatic carbocycles. The zero-order valence-corrected chi connectivity index (χ0v) is 13.1. The number of halogens is 3. The minimum absolute atomic E-state index is 0.0118. The first-order chi connectivity index (χ1) is 12.0. The van der Waals surface area contributed by atoms with Crippen molar-refractivity contribution in [2.75, 3.05) is 0 Å². The lowest BCUT2D eigenvalue weighted by atomic mass is 9.75. The maximum Gasteiger partial charge on any atom is 0.416 e. The van der Waals surface area contributed by atoms with Crippen molar-refractivity contribution < 1.29 is 13.2 Å². The first-order valence-corrected chi connectivity index (χ1v) is 8.20. The molecule has 0 spiro atoms. The van der Waals surface area contributed by atoms with Crippen molar-refractivity contribution in [3.63, 3.8) is 0 Å². The van der Waals surface area contributed by atoms with E-state index in [0.29, 0.717) is 5.56 Å². The topological polar surface area (TPSA) is 12.0 Å². The van der Waals surface area contributed by atoms with Crippen LogP contribution in [0.2, 0.25) is 0 Å². The Hall–Kier alpha value is -2.75. The minimum atomic E-state index is -4.35. The Morgan fingerprint density at radius 3 is 2.44 bits per heavy atom. The van der Waals surface area contributed by atoms with Crippen LogP contribution in [0.1, 0.15) is 22.6 Å². The molecule has 0 saturated carbocycles. The quantitative estimate of drug-likeness (QED) is 0.700. The van der Waals surface area contributed by atoms with Gasteiger partial charge in [0.2, 0.25) is 0 Å². The van der Waals surface area contributed by atoms with Gasteiger partial charge in [0.15, 0.2) is 0 Å². The summed E-state index contributed by atoms with van der Waals surface area (Å²) in [6.45, 7) is 0. The fourth-order valence-corrected chi connectivity index (χ4v) is 4.07. The van der Waals surface area contributed by atoms with Crippen molar-refractivity contribution >= 4 is 5.57 Å². The highest BCUT2D eigenvalue weighted by Crippen LogP contribution is 2.49. The van der Waals surface area contributed by atoms with Crippen molar-refractivity contribution in [1.82, 2.24) is 5.32 Å². The Labute approximate surface area is 143 Å². The van der Waals surface area contributed by atoms with Gasteiger partial charge in [-0.15, -0.1) is 0 Å². The zero-order chi connectivity index (χ0) is 17.2. The van der Waals surface area contributed by atoms with Gasteiger partial charge < -0.3 is 5.32 Å². The zero-order valence-electron chi connectivity index (χ0n) is 13.1. The number of fused-ring (bicyclic) bond motifs is 6. The Bertz CT molecular complexity index is 967. The lowest BCUT2D eigenvalue weighted by Gasteiger charge is -2.30. The third-order valence-corrected chi connectivity index (χ3v) is 5.16. The smallest absolute Gasteiger partial charge is 0.374 e. The molecule has 1 N–H and O–H groups in total. The summed E-state index contributed by atoms with van der Waals surface area (Å²) in [4.78, 5) is 0. The van der Waals surface area contributed by atoms with Gasteiger partial charge in [0.25, 0.3) is 0 Å². The molecule has 1 heterocycles. The fraction of sp³-hybridized carbons (Fsp3) is 0.143. The molecule has 124 valence electrons. The van der Waals surface area contributed by atoms with Crippen LogP contribution >= 0.6 is 0 Å². The summed E-state index contributed by atoms with van der Waals surface area (Å²) < 4.78 is 39.8. The van der Waals surface area contributed by atoms with Gasteiger partial charge in [-0.3, -0.25) is 0 Å². The Kier molecular flexibility index (Phi) is 2.85. The van der Waals surface area contributed by atoms with Crippen LogP contribution in [0.5, 0.6) is 0 Å². The van der Waals surface area contributed by atoms with Crippen molar-refractivity contribution in [3.8, 4) is 0 Å². The van der Waals surface area contributed by atoms with Crippen LogP contribution in [0.15, 0.2) is 83.7 Å². The Morgan fingerprint density at radius 1 is 0.880 bits per heavy atom. The second-order valence-electron chi connectivity index (χ2n) is 6.55. The highest BCUT2D eigenvalue weighted by molar-refractivity contribution is 5.92. The van der Waals surface area contributed by atoms with E-state index in [4.69, 9.17) is 0 Å². The van der Waals surface area contributed by atoms with Crippen LogP contribution in [-0.2, 0) is 6.18 Å².